The molecule has 3 aromatic carbocycles. The normalized spacial score (nSPS) is 11.4. The molecule has 0 atom stereocenters. The van der Waals surface area contributed by atoms with Gasteiger partial charge in [0.05, 0.1) is 12.1 Å². The van der Waals surface area contributed by atoms with E-state index in [4.69, 9.17) is 9.73 Å². The Morgan fingerprint density at radius 2 is 1.55 bits per heavy atom. The summed E-state index contributed by atoms with van der Waals surface area (Å²) in [5, 5.41) is 1.99. The summed E-state index contributed by atoms with van der Waals surface area (Å²) in [6.07, 6.45) is 0.317. The van der Waals surface area contributed by atoms with Gasteiger partial charge in [0.25, 0.3) is 0 Å². The summed E-state index contributed by atoms with van der Waals surface area (Å²) in [4.78, 5) is 19.9. The van der Waals surface area contributed by atoms with Crippen LogP contribution in [0.5, 0.6) is 11.5 Å². The van der Waals surface area contributed by atoms with Gasteiger partial charge in [-0.15, -0.1) is 11.3 Å². The van der Waals surface area contributed by atoms with E-state index in [0.29, 0.717) is 6.42 Å². The van der Waals surface area contributed by atoms with Crippen molar-refractivity contribution in [2.45, 2.75) is 6.42 Å². The monoisotopic (exact) mass is 429 g/mol. The molecular formula is C25H23N3O2S. The minimum Gasteiger partial charge on any atom is -0.457 e. The predicted molar refractivity (Wildman–Crippen MR) is 125 cm³/mol. The topological polar surface area (TPSA) is 46.8 Å². The van der Waals surface area contributed by atoms with Crippen LogP contribution in [0.4, 0.5) is 11.4 Å². The molecule has 1 aromatic heterocycles. The van der Waals surface area contributed by atoms with Crippen molar-refractivity contribution < 1.29 is 9.53 Å². The summed E-state index contributed by atoms with van der Waals surface area (Å²) >= 11 is 1.52. The predicted octanol–water partition coefficient (Wildman–Crippen LogP) is 5.32. The van der Waals surface area contributed by atoms with E-state index in [1.807, 2.05) is 102 Å². The van der Waals surface area contributed by atoms with Crippen LogP contribution in [0.2, 0.25) is 0 Å². The third-order valence-electron chi connectivity index (χ3n) is 4.91. The number of benzene rings is 3. The highest BCUT2D eigenvalue weighted by Crippen LogP contribution is 2.23. The van der Waals surface area contributed by atoms with Crippen LogP contribution in [0, 0.1) is 0 Å². The Hall–Kier alpha value is -3.64. The summed E-state index contributed by atoms with van der Waals surface area (Å²) in [6, 6.07) is 27.0. The van der Waals surface area contributed by atoms with Gasteiger partial charge in [0.2, 0.25) is 5.91 Å². The molecule has 0 aliphatic carbocycles. The number of anilines is 1. The lowest BCUT2D eigenvalue weighted by atomic mass is 10.2. The molecule has 1 amide bonds. The van der Waals surface area contributed by atoms with Crippen molar-refractivity contribution >= 4 is 28.6 Å². The molecule has 0 aliphatic rings. The van der Waals surface area contributed by atoms with Gasteiger partial charge in [0.1, 0.15) is 11.5 Å². The minimum atomic E-state index is 0.0357. The maximum atomic E-state index is 12.7. The van der Waals surface area contributed by atoms with Crippen molar-refractivity contribution in [3.8, 4) is 11.5 Å². The van der Waals surface area contributed by atoms with Gasteiger partial charge in [-0.05, 0) is 48.5 Å². The number of thiazole rings is 1. The molecule has 156 valence electrons. The second kappa shape index (κ2) is 9.45. The van der Waals surface area contributed by atoms with E-state index in [0.717, 1.165) is 33.4 Å². The highest BCUT2D eigenvalue weighted by Gasteiger charge is 2.14. The smallest absolute Gasteiger partial charge is 0.232 e. The van der Waals surface area contributed by atoms with E-state index in [9.17, 15) is 4.79 Å². The molecule has 0 aliphatic heterocycles. The zero-order valence-corrected chi connectivity index (χ0v) is 18.3. The molecule has 0 spiro atoms. The van der Waals surface area contributed by atoms with Crippen molar-refractivity contribution in [1.29, 1.82) is 0 Å². The number of likely N-dealkylation sites (N-methyl/N-ethyl adjacent to an activating group) is 1. The number of hydrogen-bond acceptors (Lipinski definition) is 4. The molecule has 6 heteroatoms. The summed E-state index contributed by atoms with van der Waals surface area (Å²) in [5.74, 6) is 1.59. The molecule has 0 bridgehead atoms. The molecule has 1 heterocycles. The van der Waals surface area contributed by atoms with Crippen molar-refractivity contribution in [2.75, 3.05) is 11.9 Å². The number of carbonyl (C=O) groups excluding carboxylic acids is 1. The Kier molecular flexibility index (Phi) is 6.29. The standard InChI is InChI=1S/C25H23N3O2S/c1-27(20-9-5-3-6-10-20)24(29)17-21-18-31-25(28(21)2)26-19-13-15-23(16-14-19)30-22-11-7-4-8-12-22/h3-16,18H,17H2,1-2H3. The molecule has 4 aromatic rings. The van der Waals surface area contributed by atoms with Gasteiger partial charge in [-0.25, -0.2) is 4.99 Å². The molecule has 5 nitrogen and oxygen atoms in total. The third kappa shape index (κ3) is 5.10. The quantitative estimate of drug-likeness (QED) is 0.417. The lowest BCUT2D eigenvalue weighted by molar-refractivity contribution is -0.117. The Balaban J connectivity index is 1.46. The van der Waals surface area contributed by atoms with E-state index >= 15 is 0 Å². The summed E-state index contributed by atoms with van der Waals surface area (Å²) in [6.45, 7) is 0. The zero-order valence-electron chi connectivity index (χ0n) is 17.4. The summed E-state index contributed by atoms with van der Waals surface area (Å²) < 4.78 is 7.80. The lowest BCUT2D eigenvalue weighted by Gasteiger charge is -2.17. The van der Waals surface area contributed by atoms with Gasteiger partial charge in [-0.1, -0.05) is 36.4 Å². The SMILES string of the molecule is CN(C(=O)Cc1csc(=Nc2ccc(Oc3ccccc3)cc2)n1C)c1ccccc1. The van der Waals surface area contributed by atoms with Crippen molar-refractivity contribution in [3.63, 3.8) is 0 Å². The Bertz CT molecular complexity index is 1210. The average Bonchev–Trinajstić information content (AvgIpc) is 3.14. The highest BCUT2D eigenvalue weighted by atomic mass is 32.1. The molecule has 0 saturated carbocycles. The number of hydrogen-bond donors (Lipinski definition) is 0. The number of para-hydroxylation sites is 2. The molecular weight excluding hydrogens is 406 g/mol. The molecule has 0 fully saturated rings. The second-order valence-electron chi connectivity index (χ2n) is 7.05. The Morgan fingerprint density at radius 3 is 2.23 bits per heavy atom. The Labute approximate surface area is 185 Å². The van der Waals surface area contributed by atoms with Gasteiger partial charge in [0.15, 0.2) is 4.80 Å². The number of rotatable bonds is 6. The van der Waals surface area contributed by atoms with Crippen LogP contribution < -0.4 is 14.4 Å². The van der Waals surface area contributed by atoms with Crippen LogP contribution in [-0.2, 0) is 18.3 Å². The largest absolute Gasteiger partial charge is 0.457 e. The molecule has 4 rings (SSSR count). The van der Waals surface area contributed by atoms with E-state index < -0.39 is 0 Å². The number of carbonyl (C=O) groups is 1. The third-order valence-corrected chi connectivity index (χ3v) is 5.87. The number of ether oxygens (including phenoxy) is 1. The maximum Gasteiger partial charge on any atom is 0.232 e. The van der Waals surface area contributed by atoms with Crippen molar-refractivity contribution in [2.24, 2.45) is 12.0 Å². The van der Waals surface area contributed by atoms with Crippen LogP contribution >= 0.6 is 11.3 Å². The van der Waals surface area contributed by atoms with E-state index in [2.05, 4.69) is 0 Å². The first kappa shape index (κ1) is 20.6. The Morgan fingerprint density at radius 1 is 0.935 bits per heavy atom. The van der Waals surface area contributed by atoms with E-state index in [-0.39, 0.29) is 5.91 Å². The van der Waals surface area contributed by atoms with Crippen LogP contribution in [0.25, 0.3) is 0 Å². The van der Waals surface area contributed by atoms with Gasteiger partial charge in [0, 0.05) is 30.9 Å². The number of amides is 1. The van der Waals surface area contributed by atoms with E-state index in [1.54, 1.807) is 11.9 Å². The first-order valence-electron chi connectivity index (χ1n) is 9.93. The second-order valence-corrected chi connectivity index (χ2v) is 7.89. The first-order valence-corrected chi connectivity index (χ1v) is 10.8. The van der Waals surface area contributed by atoms with Crippen LogP contribution in [-0.4, -0.2) is 17.5 Å². The molecule has 0 N–H and O–H groups in total. The molecule has 0 radical (unpaired) electrons. The van der Waals surface area contributed by atoms with Crippen LogP contribution in [0.1, 0.15) is 5.69 Å². The average molecular weight is 430 g/mol. The minimum absolute atomic E-state index is 0.0357. The van der Waals surface area contributed by atoms with Crippen LogP contribution in [0.3, 0.4) is 0 Å². The maximum absolute atomic E-state index is 12.7. The van der Waals surface area contributed by atoms with Crippen molar-refractivity contribution in [3.05, 3.63) is 101 Å². The van der Waals surface area contributed by atoms with Gasteiger partial charge < -0.3 is 14.2 Å². The van der Waals surface area contributed by atoms with Gasteiger partial charge in [-0.2, -0.15) is 0 Å². The molecule has 31 heavy (non-hydrogen) atoms. The lowest BCUT2D eigenvalue weighted by Crippen LogP contribution is -2.29. The fourth-order valence-corrected chi connectivity index (χ4v) is 3.97. The molecule has 0 saturated heterocycles. The van der Waals surface area contributed by atoms with Crippen LogP contribution in [0.15, 0.2) is 95.3 Å². The van der Waals surface area contributed by atoms with Gasteiger partial charge in [-0.3, -0.25) is 4.79 Å². The van der Waals surface area contributed by atoms with Gasteiger partial charge >= 0.3 is 0 Å². The highest BCUT2D eigenvalue weighted by molar-refractivity contribution is 7.07. The first-order chi connectivity index (χ1) is 15.1. The fourth-order valence-electron chi connectivity index (χ4n) is 3.06. The van der Waals surface area contributed by atoms with E-state index in [1.165, 1.54) is 11.3 Å². The zero-order chi connectivity index (χ0) is 21.6. The van der Waals surface area contributed by atoms with Crippen molar-refractivity contribution in [1.82, 2.24) is 4.57 Å². The number of aromatic nitrogens is 1. The number of nitrogens with zero attached hydrogens (tertiary/aromatic N) is 3. The molecule has 0 unspecified atom stereocenters. The summed E-state index contributed by atoms with van der Waals surface area (Å²) in [5.41, 5.74) is 2.64. The fraction of sp³-hybridized carbons (Fsp3) is 0.120. The summed E-state index contributed by atoms with van der Waals surface area (Å²) in [7, 11) is 3.74.